The van der Waals surface area contributed by atoms with Crippen LogP contribution < -0.4 is 16.0 Å². The Morgan fingerprint density at radius 3 is 2.64 bits per heavy atom. The molecule has 11 nitrogen and oxygen atoms in total. The first-order chi connectivity index (χ1) is 13.5. The van der Waals surface area contributed by atoms with Crippen molar-refractivity contribution < 1.29 is 24.8 Å². The molecule has 1 aliphatic rings. The summed E-state index contributed by atoms with van der Waals surface area (Å²) in [4.78, 5) is 22.8. The molecule has 4 rings (SSSR count). The summed E-state index contributed by atoms with van der Waals surface area (Å²) in [5.41, 5.74) is 5.87. The molecule has 0 radical (unpaired) electrons. The summed E-state index contributed by atoms with van der Waals surface area (Å²) in [5, 5.41) is 29.8. The van der Waals surface area contributed by atoms with Gasteiger partial charge in [-0.25, -0.2) is 4.57 Å². The van der Waals surface area contributed by atoms with Gasteiger partial charge in [-0.05, 0) is 5.56 Å². The van der Waals surface area contributed by atoms with Crippen molar-refractivity contribution in [3.8, 4) is 6.01 Å². The van der Waals surface area contributed by atoms with Crippen molar-refractivity contribution in [2.24, 2.45) is 0 Å². The van der Waals surface area contributed by atoms with E-state index in [4.69, 9.17) is 15.2 Å². The van der Waals surface area contributed by atoms with Gasteiger partial charge < -0.3 is 30.5 Å². The molecule has 6 N–H and O–H groups in total. The fraction of sp³-hybridized carbons (Fsp3) is 0.353. The number of anilines is 1. The number of aromatic amines is 1. The smallest absolute Gasteiger partial charge is 0.301 e. The van der Waals surface area contributed by atoms with Gasteiger partial charge in [-0.3, -0.25) is 9.78 Å². The maximum atomic E-state index is 12.2. The monoisotopic (exact) mass is 389 g/mol. The fourth-order valence-corrected chi connectivity index (χ4v) is 3.13. The molecule has 1 aromatic carbocycles. The Balaban J connectivity index is 1.79. The molecule has 0 saturated carbocycles. The number of aliphatic hydroxyl groups is 3. The Morgan fingerprint density at radius 2 is 1.96 bits per heavy atom. The summed E-state index contributed by atoms with van der Waals surface area (Å²) in [7, 11) is 0. The molecule has 4 atom stereocenters. The summed E-state index contributed by atoms with van der Waals surface area (Å²) >= 11 is 0. The average molecular weight is 389 g/mol. The van der Waals surface area contributed by atoms with Crippen LogP contribution in [-0.4, -0.2) is 59.8 Å². The van der Waals surface area contributed by atoms with Gasteiger partial charge in [-0.2, -0.15) is 9.97 Å². The number of H-pyrrole nitrogens is 1. The van der Waals surface area contributed by atoms with E-state index < -0.39 is 36.7 Å². The first-order valence-corrected chi connectivity index (χ1v) is 8.56. The Kier molecular flexibility index (Phi) is 4.73. The summed E-state index contributed by atoms with van der Waals surface area (Å²) in [5.74, 6) is -0.153. The van der Waals surface area contributed by atoms with E-state index in [2.05, 4.69) is 15.0 Å². The van der Waals surface area contributed by atoms with Gasteiger partial charge in [0.1, 0.15) is 24.9 Å². The number of rotatable bonds is 5. The molecule has 0 aliphatic carbocycles. The van der Waals surface area contributed by atoms with Crippen LogP contribution in [0.5, 0.6) is 6.01 Å². The number of fused-ring (bicyclic) bond motifs is 1. The van der Waals surface area contributed by atoms with Crippen LogP contribution >= 0.6 is 0 Å². The molecule has 3 aromatic rings. The van der Waals surface area contributed by atoms with Crippen LogP contribution in [0.1, 0.15) is 11.8 Å². The first kappa shape index (κ1) is 18.4. The summed E-state index contributed by atoms with van der Waals surface area (Å²) in [6, 6.07) is 9.22. The number of nitrogens with one attached hydrogen (secondary N) is 1. The van der Waals surface area contributed by atoms with Gasteiger partial charge in [-0.1, -0.05) is 30.3 Å². The van der Waals surface area contributed by atoms with Gasteiger partial charge in [-0.15, -0.1) is 0 Å². The summed E-state index contributed by atoms with van der Waals surface area (Å²) < 4.78 is 12.6. The molecule has 28 heavy (non-hydrogen) atoms. The Hall–Kier alpha value is -2.99. The third-order valence-corrected chi connectivity index (χ3v) is 4.52. The van der Waals surface area contributed by atoms with Crippen molar-refractivity contribution in [2.45, 2.75) is 31.1 Å². The van der Waals surface area contributed by atoms with Crippen LogP contribution in [0, 0.1) is 0 Å². The van der Waals surface area contributed by atoms with Crippen LogP contribution in [0.2, 0.25) is 0 Å². The van der Waals surface area contributed by atoms with Crippen molar-refractivity contribution in [3.05, 3.63) is 46.2 Å². The molecule has 0 amide bonds. The molecule has 2 aromatic heterocycles. The lowest BCUT2D eigenvalue weighted by atomic mass is 10.1. The lowest BCUT2D eigenvalue weighted by Crippen LogP contribution is -2.33. The van der Waals surface area contributed by atoms with Gasteiger partial charge in [0, 0.05) is 0 Å². The highest BCUT2D eigenvalue weighted by molar-refractivity contribution is 5.72. The van der Waals surface area contributed by atoms with Crippen molar-refractivity contribution >= 4 is 17.1 Å². The Morgan fingerprint density at radius 1 is 1.21 bits per heavy atom. The van der Waals surface area contributed by atoms with E-state index in [1.54, 1.807) is 0 Å². The first-order valence-electron chi connectivity index (χ1n) is 8.56. The molecule has 148 valence electrons. The molecular weight excluding hydrogens is 370 g/mol. The molecule has 11 heteroatoms. The highest BCUT2D eigenvalue weighted by Crippen LogP contribution is 2.34. The molecule has 1 fully saturated rings. The maximum absolute atomic E-state index is 12.2. The minimum Gasteiger partial charge on any atom is -0.460 e. The van der Waals surface area contributed by atoms with E-state index in [0.717, 1.165) is 5.56 Å². The fourth-order valence-electron chi connectivity index (χ4n) is 3.13. The lowest BCUT2D eigenvalue weighted by Gasteiger charge is -2.19. The third-order valence-electron chi connectivity index (χ3n) is 4.52. The highest BCUT2D eigenvalue weighted by Gasteiger charge is 2.45. The van der Waals surface area contributed by atoms with E-state index in [9.17, 15) is 20.1 Å². The van der Waals surface area contributed by atoms with Gasteiger partial charge >= 0.3 is 6.01 Å². The number of imidazole rings is 1. The van der Waals surface area contributed by atoms with E-state index in [0.29, 0.717) is 0 Å². The molecule has 0 spiro atoms. The SMILES string of the molecule is Nc1nc2c(nc(OCc3ccccc3)n2[C@@H]2O[C@H](CO)[C@@H](O)[C@H]2O)c(=O)[nH]1. The zero-order valence-corrected chi connectivity index (χ0v) is 14.6. The molecular formula is C17H19N5O6. The molecule has 0 bridgehead atoms. The topological polar surface area (TPSA) is 169 Å². The number of benzene rings is 1. The third kappa shape index (κ3) is 3.10. The van der Waals surface area contributed by atoms with E-state index in [-0.39, 0.29) is 29.7 Å². The predicted octanol–water partition coefficient (Wildman–Crippen LogP) is -1.11. The second kappa shape index (κ2) is 7.20. The molecule has 0 unspecified atom stereocenters. The zero-order valence-electron chi connectivity index (χ0n) is 14.6. The van der Waals surface area contributed by atoms with Crippen LogP contribution in [0.4, 0.5) is 5.95 Å². The number of aliphatic hydroxyl groups excluding tert-OH is 3. The quantitative estimate of drug-likeness (QED) is 0.363. The van der Waals surface area contributed by atoms with Crippen molar-refractivity contribution in [3.63, 3.8) is 0 Å². The molecule has 3 heterocycles. The number of nitrogens with two attached hydrogens (primary N) is 1. The minimum atomic E-state index is -1.41. The average Bonchev–Trinajstić information content (AvgIpc) is 3.18. The highest BCUT2D eigenvalue weighted by atomic mass is 16.6. The van der Waals surface area contributed by atoms with Crippen LogP contribution in [0.3, 0.4) is 0 Å². The van der Waals surface area contributed by atoms with Crippen LogP contribution in [-0.2, 0) is 11.3 Å². The number of aromatic nitrogens is 4. The maximum Gasteiger partial charge on any atom is 0.301 e. The number of nitrogen functional groups attached to an aromatic ring is 1. The van der Waals surface area contributed by atoms with Crippen LogP contribution in [0.15, 0.2) is 35.1 Å². The molecule has 1 saturated heterocycles. The zero-order chi connectivity index (χ0) is 19.8. The number of ether oxygens (including phenoxy) is 2. The second-order valence-corrected chi connectivity index (χ2v) is 6.39. The van der Waals surface area contributed by atoms with Gasteiger partial charge in [0.05, 0.1) is 6.61 Å². The van der Waals surface area contributed by atoms with E-state index in [1.807, 2.05) is 30.3 Å². The summed E-state index contributed by atoms with van der Waals surface area (Å²) in [6.45, 7) is -0.371. The molecule has 1 aliphatic heterocycles. The van der Waals surface area contributed by atoms with Crippen molar-refractivity contribution in [2.75, 3.05) is 12.3 Å². The largest absolute Gasteiger partial charge is 0.460 e. The van der Waals surface area contributed by atoms with Crippen LogP contribution in [0.25, 0.3) is 11.2 Å². The number of hydrogen-bond acceptors (Lipinski definition) is 9. The normalized spacial score (nSPS) is 24.7. The predicted molar refractivity (Wildman–Crippen MR) is 96.3 cm³/mol. The van der Waals surface area contributed by atoms with E-state index in [1.165, 1.54) is 4.57 Å². The minimum absolute atomic E-state index is 0.0270. The lowest BCUT2D eigenvalue weighted by molar-refractivity contribution is -0.0545. The van der Waals surface area contributed by atoms with Crippen molar-refractivity contribution in [1.82, 2.24) is 19.5 Å². The van der Waals surface area contributed by atoms with Gasteiger partial charge in [0.15, 0.2) is 17.4 Å². The number of nitrogens with zero attached hydrogens (tertiary/aromatic N) is 3. The standard InChI is InChI=1S/C17H19N5O6/c18-16-20-13-10(14(26)21-16)19-17(27-7-8-4-2-1-3-5-8)22(13)15-12(25)11(24)9(6-23)28-15/h1-5,9,11-12,15,23-25H,6-7H2,(H3,18,20,21,26)/t9-,11-,12-,15-/m1/s1. The second-order valence-electron chi connectivity index (χ2n) is 6.39. The van der Waals surface area contributed by atoms with Gasteiger partial charge in [0.2, 0.25) is 5.95 Å². The van der Waals surface area contributed by atoms with E-state index >= 15 is 0 Å². The van der Waals surface area contributed by atoms with Crippen molar-refractivity contribution in [1.29, 1.82) is 0 Å². The van der Waals surface area contributed by atoms with Gasteiger partial charge in [0.25, 0.3) is 5.56 Å². The Bertz CT molecular complexity index is 1040. The summed E-state index contributed by atoms with van der Waals surface area (Å²) in [6.07, 6.45) is -4.94. The Labute approximate surface area is 158 Å². The number of hydrogen-bond donors (Lipinski definition) is 5.